The van der Waals surface area contributed by atoms with Crippen LogP contribution >= 0.6 is 0 Å². The number of hydrogen-bond donors (Lipinski definition) is 6. The van der Waals surface area contributed by atoms with E-state index in [0.29, 0.717) is 49.9 Å². The van der Waals surface area contributed by atoms with E-state index in [2.05, 4.69) is 21.3 Å². The fourth-order valence-corrected chi connectivity index (χ4v) is 3.23. The molecule has 0 bridgehead atoms. The van der Waals surface area contributed by atoms with Crippen LogP contribution in [0.5, 0.6) is 0 Å². The van der Waals surface area contributed by atoms with Crippen LogP contribution in [0.1, 0.15) is 46.4 Å². The number of benzene rings is 2. The smallest absolute Gasteiger partial charge is 0.251 e. The number of nitrogens with one attached hydrogen (secondary N) is 5. The van der Waals surface area contributed by atoms with E-state index in [1.807, 2.05) is 36.4 Å². The van der Waals surface area contributed by atoms with Gasteiger partial charge in [0.1, 0.15) is 0 Å². The fourth-order valence-electron chi connectivity index (χ4n) is 3.23. The van der Waals surface area contributed by atoms with Gasteiger partial charge in [-0.1, -0.05) is 36.4 Å². The molecule has 0 heterocycles. The van der Waals surface area contributed by atoms with Crippen LogP contribution in [-0.2, 0) is 4.79 Å². The molecule has 2 aromatic carbocycles. The largest absolute Gasteiger partial charge is 0.370 e. The summed E-state index contributed by atoms with van der Waals surface area (Å²) in [5.41, 5.74) is 6.44. The SMILES string of the molecule is N=C(N)NCC(=O)NC(CCCNC(=O)c1ccccc1)CCCNC(=O)c1ccccc1. The Balaban J connectivity index is 1.76. The molecule has 0 spiro atoms. The minimum absolute atomic E-state index is 0.0820. The molecule has 0 aliphatic carbocycles. The molecule has 0 radical (unpaired) electrons. The highest BCUT2D eigenvalue weighted by atomic mass is 16.2. The van der Waals surface area contributed by atoms with E-state index in [1.165, 1.54) is 0 Å². The second-order valence-corrected chi connectivity index (χ2v) is 7.56. The van der Waals surface area contributed by atoms with Crippen molar-refractivity contribution in [3.8, 4) is 0 Å². The summed E-state index contributed by atoms with van der Waals surface area (Å²) in [6.07, 6.45) is 2.68. The van der Waals surface area contributed by atoms with Gasteiger partial charge in [0.15, 0.2) is 5.96 Å². The van der Waals surface area contributed by atoms with E-state index in [1.54, 1.807) is 24.3 Å². The monoisotopic (exact) mass is 452 g/mol. The summed E-state index contributed by atoms with van der Waals surface area (Å²) in [4.78, 5) is 36.4. The maximum absolute atomic E-state index is 12.1. The van der Waals surface area contributed by atoms with Gasteiger partial charge in [0.05, 0.1) is 6.54 Å². The molecule has 0 atom stereocenters. The van der Waals surface area contributed by atoms with Crippen LogP contribution in [0.25, 0.3) is 0 Å². The molecule has 0 saturated carbocycles. The Labute approximate surface area is 194 Å². The lowest BCUT2D eigenvalue weighted by Gasteiger charge is -2.19. The quantitative estimate of drug-likeness (QED) is 0.154. The van der Waals surface area contributed by atoms with Gasteiger partial charge in [-0.15, -0.1) is 0 Å². The van der Waals surface area contributed by atoms with Gasteiger partial charge in [-0.25, -0.2) is 0 Å². The molecule has 0 saturated heterocycles. The Morgan fingerprint density at radius 1 is 0.758 bits per heavy atom. The molecule has 0 aliphatic rings. The molecular weight excluding hydrogens is 420 g/mol. The highest BCUT2D eigenvalue weighted by molar-refractivity contribution is 5.94. The summed E-state index contributed by atoms with van der Waals surface area (Å²) >= 11 is 0. The second-order valence-electron chi connectivity index (χ2n) is 7.56. The van der Waals surface area contributed by atoms with Crippen molar-refractivity contribution in [2.45, 2.75) is 31.7 Å². The highest BCUT2D eigenvalue weighted by Gasteiger charge is 2.13. The van der Waals surface area contributed by atoms with Gasteiger partial charge in [-0.05, 0) is 49.9 Å². The summed E-state index contributed by atoms with van der Waals surface area (Å²) in [7, 11) is 0. The van der Waals surface area contributed by atoms with Crippen LogP contribution in [0.4, 0.5) is 0 Å². The van der Waals surface area contributed by atoms with Crippen molar-refractivity contribution in [3.63, 3.8) is 0 Å². The summed E-state index contributed by atoms with van der Waals surface area (Å²) in [5, 5.41) is 18.4. The minimum Gasteiger partial charge on any atom is -0.370 e. The molecule has 33 heavy (non-hydrogen) atoms. The molecule has 0 aromatic heterocycles. The average molecular weight is 453 g/mol. The first kappa shape index (κ1) is 25.4. The van der Waals surface area contributed by atoms with Crippen LogP contribution in [0.3, 0.4) is 0 Å². The van der Waals surface area contributed by atoms with Gasteiger partial charge in [0, 0.05) is 30.3 Å². The van der Waals surface area contributed by atoms with Crippen molar-refractivity contribution in [2.24, 2.45) is 5.73 Å². The third-order valence-corrected chi connectivity index (χ3v) is 4.91. The summed E-state index contributed by atoms with van der Waals surface area (Å²) < 4.78 is 0. The minimum atomic E-state index is -0.269. The van der Waals surface area contributed by atoms with Crippen molar-refractivity contribution in [1.82, 2.24) is 21.3 Å². The topological polar surface area (TPSA) is 149 Å². The molecule has 9 heteroatoms. The number of hydrogen-bond acceptors (Lipinski definition) is 4. The van der Waals surface area contributed by atoms with Crippen LogP contribution in [-0.4, -0.2) is 49.4 Å². The first-order valence-corrected chi connectivity index (χ1v) is 11.0. The van der Waals surface area contributed by atoms with Gasteiger partial charge < -0.3 is 27.0 Å². The van der Waals surface area contributed by atoms with E-state index in [-0.39, 0.29) is 36.3 Å². The number of guanidine groups is 1. The van der Waals surface area contributed by atoms with Gasteiger partial charge in [-0.3, -0.25) is 19.8 Å². The van der Waals surface area contributed by atoms with E-state index < -0.39 is 0 Å². The van der Waals surface area contributed by atoms with Gasteiger partial charge >= 0.3 is 0 Å². The number of carbonyl (C=O) groups is 3. The van der Waals surface area contributed by atoms with Crippen LogP contribution in [0.15, 0.2) is 60.7 Å². The molecule has 0 unspecified atom stereocenters. The zero-order valence-corrected chi connectivity index (χ0v) is 18.6. The molecule has 2 aromatic rings. The fraction of sp³-hybridized carbons (Fsp3) is 0.333. The lowest BCUT2D eigenvalue weighted by molar-refractivity contribution is -0.120. The number of carbonyl (C=O) groups excluding carboxylic acids is 3. The molecule has 2 rings (SSSR count). The summed E-state index contributed by atoms with van der Waals surface area (Å²) in [5.74, 6) is -0.804. The van der Waals surface area contributed by atoms with Gasteiger partial charge in [0.2, 0.25) is 5.91 Å². The average Bonchev–Trinajstić information content (AvgIpc) is 2.83. The number of nitrogens with two attached hydrogens (primary N) is 1. The Morgan fingerprint density at radius 2 is 1.21 bits per heavy atom. The zero-order valence-electron chi connectivity index (χ0n) is 18.6. The predicted octanol–water partition coefficient (Wildman–Crippen LogP) is 1.37. The van der Waals surface area contributed by atoms with E-state index in [0.717, 1.165) is 0 Å². The van der Waals surface area contributed by atoms with Crippen molar-refractivity contribution in [1.29, 1.82) is 5.41 Å². The van der Waals surface area contributed by atoms with Gasteiger partial charge in [-0.2, -0.15) is 0 Å². The van der Waals surface area contributed by atoms with Crippen LogP contribution in [0, 0.1) is 5.41 Å². The lowest BCUT2D eigenvalue weighted by atomic mass is 10.1. The Hall–Kier alpha value is -3.88. The predicted molar refractivity (Wildman–Crippen MR) is 128 cm³/mol. The second kappa shape index (κ2) is 14.2. The maximum Gasteiger partial charge on any atom is 0.251 e. The van der Waals surface area contributed by atoms with E-state index >= 15 is 0 Å². The Kier molecular flexibility index (Phi) is 10.9. The number of rotatable bonds is 13. The lowest BCUT2D eigenvalue weighted by Crippen LogP contribution is -2.44. The molecule has 0 aliphatic heterocycles. The van der Waals surface area contributed by atoms with Crippen molar-refractivity contribution in [3.05, 3.63) is 71.8 Å². The van der Waals surface area contributed by atoms with Crippen LogP contribution < -0.4 is 27.0 Å². The van der Waals surface area contributed by atoms with Gasteiger partial charge in [0.25, 0.3) is 11.8 Å². The summed E-state index contributed by atoms with van der Waals surface area (Å²) in [6, 6.07) is 17.8. The molecular formula is C24H32N6O3. The standard InChI is InChI=1S/C24H32N6O3/c25-24(26)29-17-21(31)30-20(13-7-15-27-22(32)18-9-3-1-4-10-18)14-8-16-28-23(33)19-11-5-2-6-12-19/h1-6,9-12,20H,7-8,13-17H2,(H,27,32)(H,28,33)(H,30,31)(H4,25,26,29). The summed E-state index contributed by atoms with van der Waals surface area (Å²) in [6.45, 7) is 0.883. The highest BCUT2D eigenvalue weighted by Crippen LogP contribution is 2.06. The zero-order chi connectivity index (χ0) is 23.9. The normalized spacial score (nSPS) is 10.3. The molecule has 176 valence electrons. The number of amides is 3. The van der Waals surface area contributed by atoms with E-state index in [4.69, 9.17) is 11.1 Å². The van der Waals surface area contributed by atoms with Crippen molar-refractivity contribution >= 4 is 23.7 Å². The van der Waals surface area contributed by atoms with Crippen molar-refractivity contribution in [2.75, 3.05) is 19.6 Å². The Morgan fingerprint density at radius 3 is 1.64 bits per heavy atom. The third-order valence-electron chi connectivity index (χ3n) is 4.91. The first-order chi connectivity index (χ1) is 16.0. The van der Waals surface area contributed by atoms with Crippen LogP contribution in [0.2, 0.25) is 0 Å². The molecule has 7 N–H and O–H groups in total. The maximum atomic E-state index is 12.1. The van der Waals surface area contributed by atoms with Crippen molar-refractivity contribution < 1.29 is 14.4 Å². The molecule has 9 nitrogen and oxygen atoms in total. The third kappa shape index (κ3) is 10.3. The molecule has 0 fully saturated rings. The van der Waals surface area contributed by atoms with E-state index in [9.17, 15) is 14.4 Å². The molecule has 3 amide bonds. The Bertz CT molecular complexity index is 845. The first-order valence-electron chi connectivity index (χ1n) is 11.0.